The number of pyridine rings is 1. The second-order valence-electron chi connectivity index (χ2n) is 2.58. The molecule has 0 spiro atoms. The molecule has 1 rings (SSSR count). The second kappa shape index (κ2) is 5.34. The van der Waals surface area contributed by atoms with Crippen LogP contribution in [-0.2, 0) is 4.79 Å². The molecule has 1 heterocycles. The van der Waals surface area contributed by atoms with E-state index in [9.17, 15) is 9.59 Å². The Morgan fingerprint density at radius 3 is 2.33 bits per heavy atom. The largest absolute Gasteiger partial charge is 0.322 e. The Morgan fingerprint density at radius 2 is 1.87 bits per heavy atom. The molecule has 0 aliphatic heterocycles. The third kappa shape index (κ3) is 3.69. The van der Waals surface area contributed by atoms with Crippen LogP contribution in [0.4, 0.5) is 0 Å². The van der Waals surface area contributed by atoms with Crippen LogP contribution in [0.3, 0.4) is 0 Å². The highest BCUT2D eigenvalue weighted by atomic mass is 79.9. The van der Waals surface area contributed by atoms with Gasteiger partial charge >= 0.3 is 0 Å². The normalized spacial score (nSPS) is 9.80. The molecule has 5 nitrogen and oxygen atoms in total. The second-order valence-corrected chi connectivity index (χ2v) is 4.21. The van der Waals surface area contributed by atoms with Crippen molar-refractivity contribution in [1.82, 2.24) is 10.3 Å². The van der Waals surface area contributed by atoms with Crippen molar-refractivity contribution in [2.45, 2.75) is 0 Å². The topological polar surface area (TPSA) is 85.1 Å². The fourth-order valence-electron chi connectivity index (χ4n) is 0.846. The smallest absolute Gasteiger partial charge is 0.258 e. The maximum Gasteiger partial charge on any atom is 0.258 e. The minimum atomic E-state index is -0.524. The standard InChI is InChI=1S/C8H7Br2N3O2/c9-5-1-4(2-6(10)12-5)8(15)13-7(14)3-11/h1-2H,3,11H2,(H,13,14,15). The number of rotatable bonds is 2. The van der Waals surface area contributed by atoms with Gasteiger partial charge in [0, 0.05) is 5.56 Å². The van der Waals surface area contributed by atoms with Gasteiger partial charge < -0.3 is 5.73 Å². The molecule has 2 amide bonds. The lowest BCUT2D eigenvalue weighted by molar-refractivity contribution is -0.118. The molecule has 0 bridgehead atoms. The molecule has 1 aromatic heterocycles. The molecule has 0 atom stereocenters. The summed E-state index contributed by atoms with van der Waals surface area (Å²) in [6.07, 6.45) is 0. The molecule has 0 aliphatic rings. The minimum Gasteiger partial charge on any atom is -0.322 e. The van der Waals surface area contributed by atoms with Gasteiger partial charge in [-0.25, -0.2) is 4.98 Å². The van der Waals surface area contributed by atoms with Gasteiger partial charge in [-0.05, 0) is 44.0 Å². The minimum absolute atomic E-state index is 0.223. The molecule has 0 aliphatic carbocycles. The van der Waals surface area contributed by atoms with Crippen molar-refractivity contribution in [2.75, 3.05) is 6.54 Å². The van der Waals surface area contributed by atoms with E-state index in [1.807, 2.05) is 0 Å². The summed E-state index contributed by atoms with van der Waals surface area (Å²) in [6.45, 7) is -0.223. The average Bonchev–Trinajstić information content (AvgIpc) is 2.16. The highest BCUT2D eigenvalue weighted by Crippen LogP contribution is 2.15. The van der Waals surface area contributed by atoms with Crippen LogP contribution < -0.4 is 11.1 Å². The number of nitrogens with zero attached hydrogens (tertiary/aromatic N) is 1. The molecule has 0 saturated carbocycles. The van der Waals surface area contributed by atoms with E-state index in [0.29, 0.717) is 14.8 Å². The van der Waals surface area contributed by atoms with Gasteiger partial charge in [-0.1, -0.05) is 0 Å². The van der Waals surface area contributed by atoms with Gasteiger partial charge in [0.15, 0.2) is 0 Å². The van der Waals surface area contributed by atoms with E-state index < -0.39 is 11.8 Å². The first kappa shape index (κ1) is 12.3. The predicted octanol–water partition coefficient (Wildman–Crippen LogP) is 0.822. The van der Waals surface area contributed by atoms with Crippen molar-refractivity contribution in [1.29, 1.82) is 0 Å². The molecular formula is C8H7Br2N3O2. The van der Waals surface area contributed by atoms with Crippen LogP contribution >= 0.6 is 31.9 Å². The molecule has 0 fully saturated rings. The summed E-state index contributed by atoms with van der Waals surface area (Å²) in [5.41, 5.74) is 5.39. The maximum absolute atomic E-state index is 11.5. The SMILES string of the molecule is NCC(=O)NC(=O)c1cc(Br)nc(Br)c1. The van der Waals surface area contributed by atoms with Gasteiger partial charge in [0.25, 0.3) is 5.91 Å². The van der Waals surface area contributed by atoms with Crippen LogP contribution in [0.15, 0.2) is 21.3 Å². The number of halogens is 2. The highest BCUT2D eigenvalue weighted by molar-refractivity contribution is 9.11. The summed E-state index contributed by atoms with van der Waals surface area (Å²) in [5, 5.41) is 2.13. The lowest BCUT2D eigenvalue weighted by atomic mass is 10.2. The molecule has 7 heteroatoms. The number of amides is 2. The van der Waals surface area contributed by atoms with Crippen molar-refractivity contribution in [3.05, 3.63) is 26.9 Å². The van der Waals surface area contributed by atoms with Crippen LogP contribution in [0.25, 0.3) is 0 Å². The number of hydrogen-bond acceptors (Lipinski definition) is 4. The number of nitrogens with one attached hydrogen (secondary N) is 1. The van der Waals surface area contributed by atoms with Crippen LogP contribution in [0.1, 0.15) is 10.4 Å². The third-order valence-corrected chi connectivity index (χ3v) is 2.28. The molecule has 0 unspecified atom stereocenters. The first-order valence-electron chi connectivity index (χ1n) is 3.90. The molecule has 15 heavy (non-hydrogen) atoms. The van der Waals surface area contributed by atoms with E-state index in [4.69, 9.17) is 5.73 Å². The van der Waals surface area contributed by atoms with E-state index in [2.05, 4.69) is 42.2 Å². The highest BCUT2D eigenvalue weighted by Gasteiger charge is 2.10. The molecule has 0 saturated heterocycles. The van der Waals surface area contributed by atoms with Crippen molar-refractivity contribution in [3.8, 4) is 0 Å². The van der Waals surface area contributed by atoms with Crippen LogP contribution in [0, 0.1) is 0 Å². The fourth-order valence-corrected chi connectivity index (χ4v) is 1.96. The van der Waals surface area contributed by atoms with Crippen molar-refractivity contribution < 1.29 is 9.59 Å². The van der Waals surface area contributed by atoms with Crippen LogP contribution in [0.5, 0.6) is 0 Å². The number of nitrogens with two attached hydrogens (primary N) is 1. The van der Waals surface area contributed by atoms with Crippen molar-refractivity contribution in [3.63, 3.8) is 0 Å². The van der Waals surface area contributed by atoms with Crippen LogP contribution in [-0.4, -0.2) is 23.3 Å². The lowest BCUT2D eigenvalue weighted by Crippen LogP contribution is -2.35. The van der Waals surface area contributed by atoms with Gasteiger partial charge in [0.2, 0.25) is 5.91 Å². The van der Waals surface area contributed by atoms with Gasteiger partial charge in [0.05, 0.1) is 6.54 Å². The van der Waals surface area contributed by atoms with Gasteiger partial charge in [-0.3, -0.25) is 14.9 Å². The van der Waals surface area contributed by atoms with Crippen LogP contribution in [0.2, 0.25) is 0 Å². The number of imide groups is 1. The molecular weight excluding hydrogens is 330 g/mol. The zero-order valence-electron chi connectivity index (χ0n) is 7.46. The van der Waals surface area contributed by atoms with E-state index in [-0.39, 0.29) is 6.54 Å². The third-order valence-electron chi connectivity index (χ3n) is 1.46. The van der Waals surface area contributed by atoms with Crippen molar-refractivity contribution in [2.24, 2.45) is 5.73 Å². The van der Waals surface area contributed by atoms with E-state index >= 15 is 0 Å². The quantitative estimate of drug-likeness (QED) is 0.783. The Hall–Kier alpha value is -0.790. The van der Waals surface area contributed by atoms with E-state index in [0.717, 1.165) is 0 Å². The number of carbonyl (C=O) groups excluding carboxylic acids is 2. The average molecular weight is 337 g/mol. The fraction of sp³-hybridized carbons (Fsp3) is 0.125. The summed E-state index contributed by atoms with van der Waals surface area (Å²) in [4.78, 5) is 26.3. The monoisotopic (exact) mass is 335 g/mol. The Bertz CT molecular complexity index is 389. The summed E-state index contributed by atoms with van der Waals surface area (Å²) in [5.74, 6) is -1.03. The van der Waals surface area contributed by atoms with Gasteiger partial charge in [0.1, 0.15) is 9.21 Å². The summed E-state index contributed by atoms with van der Waals surface area (Å²) >= 11 is 6.27. The summed E-state index contributed by atoms with van der Waals surface area (Å²) < 4.78 is 1.00. The van der Waals surface area contributed by atoms with Crippen molar-refractivity contribution >= 4 is 43.7 Å². The molecule has 80 valence electrons. The molecule has 1 aromatic rings. The number of carbonyl (C=O) groups is 2. The van der Waals surface area contributed by atoms with Gasteiger partial charge in [-0.15, -0.1) is 0 Å². The van der Waals surface area contributed by atoms with Gasteiger partial charge in [-0.2, -0.15) is 0 Å². The van der Waals surface area contributed by atoms with E-state index in [1.54, 1.807) is 0 Å². The molecule has 3 N–H and O–H groups in total. The first-order valence-corrected chi connectivity index (χ1v) is 5.49. The Morgan fingerprint density at radius 1 is 1.33 bits per heavy atom. The Kier molecular flexibility index (Phi) is 4.37. The first-order chi connectivity index (χ1) is 7.02. The van der Waals surface area contributed by atoms with E-state index in [1.165, 1.54) is 12.1 Å². The Labute approximate surface area is 103 Å². The predicted molar refractivity (Wildman–Crippen MR) is 61.2 cm³/mol. The molecule has 0 radical (unpaired) electrons. The zero-order valence-corrected chi connectivity index (χ0v) is 10.6. The summed E-state index contributed by atoms with van der Waals surface area (Å²) in [6, 6.07) is 3.01. The number of aromatic nitrogens is 1. The summed E-state index contributed by atoms with van der Waals surface area (Å²) in [7, 11) is 0. The maximum atomic E-state index is 11.5. The Balaban J connectivity index is 2.86. The zero-order chi connectivity index (χ0) is 11.4. The lowest BCUT2D eigenvalue weighted by Gasteiger charge is -2.03. The number of hydrogen-bond donors (Lipinski definition) is 2. The molecule has 0 aromatic carbocycles.